The average Bonchev–Trinajstić information content (AvgIpc) is 2.86. The molecule has 20 heavy (non-hydrogen) atoms. The molecular weight excluding hydrogens is 244 g/mol. The van der Waals surface area contributed by atoms with Crippen molar-refractivity contribution in [3.8, 4) is 0 Å². The minimum atomic E-state index is 0.943. The van der Waals surface area contributed by atoms with Gasteiger partial charge in [-0.3, -0.25) is 0 Å². The van der Waals surface area contributed by atoms with Crippen LogP contribution in [0, 0.1) is 0 Å². The molecule has 2 heteroatoms. The Bertz CT molecular complexity index is 513. The van der Waals surface area contributed by atoms with E-state index in [1.165, 1.54) is 55.0 Å². The van der Waals surface area contributed by atoms with Crippen LogP contribution in [0.5, 0.6) is 0 Å². The van der Waals surface area contributed by atoms with Gasteiger partial charge >= 0.3 is 0 Å². The number of aryl methyl sites for hydroxylation is 1. The van der Waals surface area contributed by atoms with Gasteiger partial charge in [-0.05, 0) is 36.6 Å². The molecule has 0 saturated carbocycles. The van der Waals surface area contributed by atoms with Crippen LogP contribution >= 0.6 is 0 Å². The molecule has 0 fully saturated rings. The van der Waals surface area contributed by atoms with Gasteiger partial charge < -0.3 is 9.88 Å². The first-order valence-electron chi connectivity index (χ1n) is 8.07. The zero-order valence-corrected chi connectivity index (χ0v) is 13.0. The maximum absolute atomic E-state index is 3.22. The Morgan fingerprint density at radius 2 is 1.80 bits per heavy atom. The third-order valence-electron chi connectivity index (χ3n) is 3.97. The Kier molecular flexibility index (Phi) is 6.13. The molecule has 0 aliphatic carbocycles. The van der Waals surface area contributed by atoms with Gasteiger partial charge in [0.25, 0.3) is 0 Å². The van der Waals surface area contributed by atoms with Crippen LogP contribution in [0.25, 0.3) is 10.9 Å². The summed E-state index contributed by atoms with van der Waals surface area (Å²) in [7, 11) is 2.00. The molecule has 0 bridgehead atoms. The molecule has 1 heterocycles. The highest BCUT2D eigenvalue weighted by Gasteiger charge is 2.02. The molecule has 0 aliphatic heterocycles. The Hall–Kier alpha value is -1.28. The van der Waals surface area contributed by atoms with E-state index in [9.17, 15) is 0 Å². The monoisotopic (exact) mass is 272 g/mol. The average molecular weight is 272 g/mol. The molecule has 1 aromatic carbocycles. The second-order valence-electron chi connectivity index (χ2n) is 5.70. The van der Waals surface area contributed by atoms with Gasteiger partial charge in [0.2, 0.25) is 0 Å². The number of rotatable bonds is 9. The first-order valence-corrected chi connectivity index (χ1v) is 8.07. The van der Waals surface area contributed by atoms with E-state index in [0.29, 0.717) is 0 Å². The van der Waals surface area contributed by atoms with E-state index in [1.807, 2.05) is 7.05 Å². The molecule has 0 radical (unpaired) electrons. The maximum atomic E-state index is 3.22. The summed E-state index contributed by atoms with van der Waals surface area (Å²) >= 11 is 0. The van der Waals surface area contributed by atoms with Gasteiger partial charge in [0.05, 0.1) is 0 Å². The summed E-state index contributed by atoms with van der Waals surface area (Å²) in [6, 6.07) is 9.01. The van der Waals surface area contributed by atoms with Crippen LogP contribution in [0.3, 0.4) is 0 Å². The molecule has 0 spiro atoms. The zero-order chi connectivity index (χ0) is 14.2. The fourth-order valence-electron chi connectivity index (χ4n) is 2.80. The van der Waals surface area contributed by atoms with Crippen molar-refractivity contribution in [1.29, 1.82) is 0 Å². The SMILES string of the molecule is CCCCCCCCn1ccc2ccc(CNC)cc21. The molecule has 0 unspecified atom stereocenters. The van der Waals surface area contributed by atoms with Crippen molar-refractivity contribution in [2.24, 2.45) is 0 Å². The summed E-state index contributed by atoms with van der Waals surface area (Å²) in [6.45, 7) is 4.37. The minimum Gasteiger partial charge on any atom is -0.347 e. The van der Waals surface area contributed by atoms with E-state index in [4.69, 9.17) is 0 Å². The van der Waals surface area contributed by atoms with Gasteiger partial charge in [-0.25, -0.2) is 0 Å². The van der Waals surface area contributed by atoms with Gasteiger partial charge in [-0.15, -0.1) is 0 Å². The fourth-order valence-corrected chi connectivity index (χ4v) is 2.80. The number of benzene rings is 1. The van der Waals surface area contributed by atoms with Crippen molar-refractivity contribution >= 4 is 10.9 Å². The van der Waals surface area contributed by atoms with Crippen molar-refractivity contribution in [2.45, 2.75) is 58.5 Å². The molecule has 0 aliphatic rings. The lowest BCUT2D eigenvalue weighted by Crippen LogP contribution is -2.05. The highest BCUT2D eigenvalue weighted by atomic mass is 14.9. The van der Waals surface area contributed by atoms with Crippen molar-refractivity contribution < 1.29 is 0 Å². The Labute approximate surface area is 123 Å². The van der Waals surface area contributed by atoms with Gasteiger partial charge in [0.15, 0.2) is 0 Å². The van der Waals surface area contributed by atoms with Crippen LogP contribution in [0.2, 0.25) is 0 Å². The van der Waals surface area contributed by atoms with Crippen molar-refractivity contribution in [3.63, 3.8) is 0 Å². The normalized spacial score (nSPS) is 11.3. The van der Waals surface area contributed by atoms with Crippen LogP contribution in [0.1, 0.15) is 51.0 Å². The lowest BCUT2D eigenvalue weighted by molar-refractivity contribution is 0.565. The summed E-state index contributed by atoms with van der Waals surface area (Å²) in [5.41, 5.74) is 2.74. The minimum absolute atomic E-state index is 0.943. The first-order chi connectivity index (χ1) is 9.85. The highest BCUT2D eigenvalue weighted by molar-refractivity contribution is 5.80. The fraction of sp³-hybridized carbons (Fsp3) is 0.556. The van der Waals surface area contributed by atoms with Gasteiger partial charge in [0.1, 0.15) is 0 Å². The van der Waals surface area contributed by atoms with Crippen LogP contribution in [-0.4, -0.2) is 11.6 Å². The van der Waals surface area contributed by atoms with Crippen LogP contribution in [-0.2, 0) is 13.1 Å². The Morgan fingerprint density at radius 3 is 2.60 bits per heavy atom. The highest BCUT2D eigenvalue weighted by Crippen LogP contribution is 2.19. The second-order valence-corrected chi connectivity index (χ2v) is 5.70. The van der Waals surface area contributed by atoms with Crippen molar-refractivity contribution in [3.05, 3.63) is 36.0 Å². The quantitative estimate of drug-likeness (QED) is 0.653. The van der Waals surface area contributed by atoms with Crippen molar-refractivity contribution in [2.75, 3.05) is 7.05 Å². The molecular formula is C18H28N2. The molecule has 0 atom stereocenters. The number of nitrogens with zero attached hydrogens (tertiary/aromatic N) is 1. The van der Waals surface area contributed by atoms with E-state index in [2.05, 4.69) is 47.3 Å². The van der Waals surface area contributed by atoms with E-state index in [-0.39, 0.29) is 0 Å². The third kappa shape index (κ3) is 4.11. The zero-order valence-electron chi connectivity index (χ0n) is 13.0. The largest absolute Gasteiger partial charge is 0.347 e. The molecule has 0 amide bonds. The van der Waals surface area contributed by atoms with E-state index < -0.39 is 0 Å². The lowest BCUT2D eigenvalue weighted by Gasteiger charge is -2.07. The second kappa shape index (κ2) is 8.11. The Balaban J connectivity index is 1.90. The van der Waals surface area contributed by atoms with Crippen LogP contribution in [0.15, 0.2) is 30.5 Å². The topological polar surface area (TPSA) is 17.0 Å². The summed E-state index contributed by atoms with van der Waals surface area (Å²) in [6.07, 6.45) is 10.4. The van der Waals surface area contributed by atoms with Gasteiger partial charge in [-0.1, -0.05) is 51.2 Å². The van der Waals surface area contributed by atoms with E-state index in [1.54, 1.807) is 0 Å². The van der Waals surface area contributed by atoms with E-state index >= 15 is 0 Å². The Morgan fingerprint density at radius 1 is 1.00 bits per heavy atom. The first kappa shape index (κ1) is 15.1. The smallest absolute Gasteiger partial charge is 0.0483 e. The van der Waals surface area contributed by atoms with Gasteiger partial charge in [-0.2, -0.15) is 0 Å². The van der Waals surface area contributed by atoms with E-state index in [0.717, 1.165) is 13.1 Å². The molecule has 1 aromatic heterocycles. The van der Waals surface area contributed by atoms with Crippen LogP contribution < -0.4 is 5.32 Å². The third-order valence-corrected chi connectivity index (χ3v) is 3.97. The predicted molar refractivity (Wildman–Crippen MR) is 88.1 cm³/mol. The predicted octanol–water partition coefficient (Wildman–Crippen LogP) is 4.72. The summed E-state index contributed by atoms with van der Waals surface area (Å²) in [5, 5.41) is 4.58. The standard InChI is InChI=1S/C18H28N2/c1-3-4-5-6-7-8-12-20-13-11-17-10-9-16(15-19-2)14-18(17)20/h9-11,13-14,19H,3-8,12,15H2,1-2H3. The maximum Gasteiger partial charge on any atom is 0.0483 e. The van der Waals surface area contributed by atoms with Crippen LogP contribution in [0.4, 0.5) is 0 Å². The molecule has 2 aromatic rings. The number of fused-ring (bicyclic) bond motifs is 1. The molecule has 2 nitrogen and oxygen atoms in total. The number of aromatic nitrogens is 1. The molecule has 2 rings (SSSR count). The molecule has 1 N–H and O–H groups in total. The lowest BCUT2D eigenvalue weighted by atomic mass is 10.1. The number of nitrogens with one attached hydrogen (secondary N) is 1. The van der Waals surface area contributed by atoms with Crippen molar-refractivity contribution in [1.82, 2.24) is 9.88 Å². The number of hydrogen-bond donors (Lipinski definition) is 1. The summed E-state index contributed by atoms with van der Waals surface area (Å²) in [5.74, 6) is 0. The summed E-state index contributed by atoms with van der Waals surface area (Å²) in [4.78, 5) is 0. The molecule has 110 valence electrons. The molecule has 0 saturated heterocycles. The summed E-state index contributed by atoms with van der Waals surface area (Å²) < 4.78 is 2.41. The number of hydrogen-bond acceptors (Lipinski definition) is 1. The number of unbranched alkanes of at least 4 members (excludes halogenated alkanes) is 5. The van der Waals surface area contributed by atoms with Gasteiger partial charge in [0, 0.05) is 24.8 Å².